The fourth-order valence-corrected chi connectivity index (χ4v) is 3.25. The molecular weight excluding hydrogens is 418 g/mol. The molecule has 166 valence electrons. The minimum Gasteiger partial charge on any atom is -0.378 e. The molecule has 1 aromatic heterocycles. The van der Waals surface area contributed by atoms with E-state index >= 15 is 0 Å². The minimum atomic E-state index is -4.85. The highest BCUT2D eigenvalue weighted by atomic mass is 19.4. The predicted octanol–water partition coefficient (Wildman–Crippen LogP) is 3.85. The lowest BCUT2D eigenvalue weighted by Gasteiger charge is -2.29. The Kier molecular flexibility index (Phi) is 6.44. The molecule has 11 heteroatoms. The van der Waals surface area contributed by atoms with E-state index in [1.165, 1.54) is 6.20 Å². The molecule has 0 radical (unpaired) electrons. The van der Waals surface area contributed by atoms with Crippen LogP contribution in [0.5, 0.6) is 0 Å². The van der Waals surface area contributed by atoms with Gasteiger partial charge in [-0.1, -0.05) is 6.07 Å². The van der Waals surface area contributed by atoms with Gasteiger partial charge in [0.1, 0.15) is 5.69 Å². The molecule has 7 nitrogen and oxygen atoms in total. The van der Waals surface area contributed by atoms with Gasteiger partial charge in [0.25, 0.3) is 5.91 Å². The van der Waals surface area contributed by atoms with Crippen molar-refractivity contribution in [3.8, 4) is 0 Å². The van der Waals surface area contributed by atoms with Crippen molar-refractivity contribution >= 4 is 35.5 Å². The molecule has 0 atom stereocenters. The van der Waals surface area contributed by atoms with E-state index in [2.05, 4.69) is 22.0 Å². The van der Waals surface area contributed by atoms with Crippen molar-refractivity contribution in [1.82, 2.24) is 9.88 Å². The normalized spacial score (nSPS) is 14.3. The number of aliphatic imine (C=N–C) groups is 1. The molecule has 1 amide bonds. The predicted molar refractivity (Wildman–Crippen MR) is 109 cm³/mol. The maximum atomic E-state index is 14.5. The average Bonchev–Trinajstić information content (AvgIpc) is 2.74. The van der Waals surface area contributed by atoms with Crippen LogP contribution in [0, 0.1) is 5.82 Å². The third-order valence-electron chi connectivity index (χ3n) is 4.72. The van der Waals surface area contributed by atoms with Crippen molar-refractivity contribution in [3.05, 3.63) is 41.3 Å². The first-order valence-electron chi connectivity index (χ1n) is 9.32. The summed E-state index contributed by atoms with van der Waals surface area (Å²) >= 11 is 0. The molecule has 0 unspecified atom stereocenters. The van der Waals surface area contributed by atoms with Crippen LogP contribution in [0.25, 0.3) is 0 Å². The zero-order chi connectivity index (χ0) is 22.8. The van der Waals surface area contributed by atoms with E-state index < -0.39 is 23.2 Å². The summed E-state index contributed by atoms with van der Waals surface area (Å²) in [7, 11) is 3.35. The zero-order valence-electron chi connectivity index (χ0n) is 17.0. The first kappa shape index (κ1) is 22.5. The molecule has 0 aliphatic carbocycles. The van der Waals surface area contributed by atoms with Crippen molar-refractivity contribution in [1.29, 1.82) is 0 Å². The largest absolute Gasteiger partial charge is 0.419 e. The third-order valence-corrected chi connectivity index (χ3v) is 4.72. The lowest BCUT2D eigenvalue weighted by atomic mass is 10.1. The van der Waals surface area contributed by atoms with Gasteiger partial charge in [-0.3, -0.25) is 9.79 Å². The third kappa shape index (κ3) is 4.61. The fraction of sp³-hybridized carbons (Fsp3) is 0.350. The van der Waals surface area contributed by atoms with Gasteiger partial charge in [-0.2, -0.15) is 13.2 Å². The maximum Gasteiger partial charge on any atom is 0.419 e. The summed E-state index contributed by atoms with van der Waals surface area (Å²) in [5.74, 6) is -1.79. The number of pyridine rings is 1. The van der Waals surface area contributed by atoms with Crippen molar-refractivity contribution in [2.24, 2.45) is 4.99 Å². The van der Waals surface area contributed by atoms with Crippen LogP contribution in [0.1, 0.15) is 15.9 Å². The molecule has 3 rings (SSSR count). The Hall–Kier alpha value is -3.21. The second-order valence-corrected chi connectivity index (χ2v) is 6.96. The van der Waals surface area contributed by atoms with E-state index in [1.54, 1.807) is 23.9 Å². The highest BCUT2D eigenvalue weighted by Gasteiger charge is 2.35. The van der Waals surface area contributed by atoms with Crippen LogP contribution in [-0.4, -0.2) is 62.9 Å². The molecule has 0 spiro atoms. The molecule has 1 aromatic carbocycles. The van der Waals surface area contributed by atoms with E-state index in [4.69, 9.17) is 4.74 Å². The fourth-order valence-electron chi connectivity index (χ4n) is 3.25. The smallest absolute Gasteiger partial charge is 0.378 e. The molecule has 0 saturated carbocycles. The number of amides is 1. The number of rotatable bonds is 5. The molecule has 31 heavy (non-hydrogen) atoms. The Balaban J connectivity index is 2.04. The molecule has 2 aromatic rings. The monoisotopic (exact) mass is 439 g/mol. The van der Waals surface area contributed by atoms with Crippen molar-refractivity contribution < 1.29 is 27.1 Å². The average molecular weight is 439 g/mol. The topological polar surface area (TPSA) is 70.1 Å². The Morgan fingerprint density at radius 3 is 2.55 bits per heavy atom. The summed E-state index contributed by atoms with van der Waals surface area (Å²) in [6.45, 7) is 5.15. The van der Waals surface area contributed by atoms with Crippen molar-refractivity contribution in [2.45, 2.75) is 6.18 Å². The van der Waals surface area contributed by atoms with Crippen LogP contribution >= 0.6 is 0 Å². The highest BCUT2D eigenvalue weighted by Crippen LogP contribution is 2.40. The quantitative estimate of drug-likeness (QED) is 0.566. The number of morpholine rings is 1. The van der Waals surface area contributed by atoms with Gasteiger partial charge in [0, 0.05) is 33.4 Å². The lowest BCUT2D eigenvalue weighted by molar-refractivity contribution is -0.139. The summed E-state index contributed by atoms with van der Waals surface area (Å²) in [6, 6.07) is 2.88. The number of aromatic nitrogens is 1. The molecule has 1 aliphatic rings. The summed E-state index contributed by atoms with van der Waals surface area (Å²) in [6.07, 6.45) is -3.56. The van der Waals surface area contributed by atoms with Crippen LogP contribution in [-0.2, 0) is 10.9 Å². The van der Waals surface area contributed by atoms with Crippen LogP contribution < -0.4 is 10.2 Å². The maximum absolute atomic E-state index is 14.5. The summed E-state index contributed by atoms with van der Waals surface area (Å²) in [5.41, 5.74) is -1.12. The summed E-state index contributed by atoms with van der Waals surface area (Å²) in [5, 5.41) is 2.55. The van der Waals surface area contributed by atoms with Gasteiger partial charge in [-0.15, -0.1) is 0 Å². The number of anilines is 3. The Morgan fingerprint density at radius 2 is 1.97 bits per heavy atom. The van der Waals surface area contributed by atoms with Crippen molar-refractivity contribution in [3.63, 3.8) is 0 Å². The second-order valence-electron chi connectivity index (χ2n) is 6.96. The number of carbonyl (C=O) groups excluding carboxylic acids is 1. The number of benzene rings is 1. The number of nitrogens with zero attached hydrogens (tertiary/aromatic N) is 4. The van der Waals surface area contributed by atoms with Gasteiger partial charge >= 0.3 is 6.18 Å². The molecular formula is C20H21F4N5O2. The number of hydrogen-bond acceptors (Lipinski definition) is 6. The summed E-state index contributed by atoms with van der Waals surface area (Å²) in [4.78, 5) is 24.3. The Morgan fingerprint density at radius 1 is 1.29 bits per heavy atom. The van der Waals surface area contributed by atoms with Crippen LogP contribution in [0.2, 0.25) is 0 Å². The van der Waals surface area contributed by atoms with Crippen LogP contribution in [0.15, 0.2) is 29.4 Å². The first-order chi connectivity index (χ1) is 14.6. The second kappa shape index (κ2) is 8.88. The van der Waals surface area contributed by atoms with Gasteiger partial charge in [0.2, 0.25) is 0 Å². The lowest BCUT2D eigenvalue weighted by Crippen LogP contribution is -2.41. The number of carbonyl (C=O) groups is 1. The molecule has 1 N–H and O–H groups in total. The van der Waals surface area contributed by atoms with Crippen molar-refractivity contribution in [2.75, 3.05) is 50.6 Å². The van der Waals surface area contributed by atoms with Gasteiger partial charge in [0.15, 0.2) is 11.6 Å². The molecule has 1 fully saturated rings. The van der Waals surface area contributed by atoms with E-state index in [0.717, 1.165) is 12.1 Å². The van der Waals surface area contributed by atoms with Crippen LogP contribution in [0.3, 0.4) is 0 Å². The van der Waals surface area contributed by atoms with E-state index in [1.807, 2.05) is 0 Å². The van der Waals surface area contributed by atoms with Gasteiger partial charge in [-0.05, 0) is 18.9 Å². The molecule has 0 bridgehead atoms. The Bertz CT molecular complexity index is 988. The van der Waals surface area contributed by atoms with E-state index in [-0.39, 0.29) is 23.0 Å². The first-order valence-corrected chi connectivity index (χ1v) is 9.32. The van der Waals surface area contributed by atoms with E-state index in [0.29, 0.717) is 38.1 Å². The number of halogens is 4. The van der Waals surface area contributed by atoms with Gasteiger partial charge < -0.3 is 19.9 Å². The number of alkyl halides is 3. The van der Waals surface area contributed by atoms with E-state index in [9.17, 15) is 22.4 Å². The SMILES string of the molecule is C=Nc1c(Nc2cccc(C(F)(F)F)c2F)ncc(C(=O)N2CCOCC2)c1N(C)C. The number of hydrogen-bond donors (Lipinski definition) is 1. The van der Waals surface area contributed by atoms with Crippen LogP contribution in [0.4, 0.5) is 40.4 Å². The molecule has 2 heterocycles. The molecule has 1 saturated heterocycles. The zero-order valence-corrected chi connectivity index (χ0v) is 17.0. The van der Waals surface area contributed by atoms with Gasteiger partial charge in [0.05, 0.1) is 35.7 Å². The Labute approximate surface area is 176 Å². The number of ether oxygens (including phenoxy) is 1. The molecule has 1 aliphatic heterocycles. The van der Waals surface area contributed by atoms with Gasteiger partial charge in [-0.25, -0.2) is 9.37 Å². The minimum absolute atomic E-state index is 0.0320. The number of nitrogens with one attached hydrogen (secondary N) is 1. The standard InChI is InChI=1S/C20H21F4N5O2/c1-25-16-17(28(2)3)12(19(30)29-7-9-31-10-8-29)11-26-18(16)27-14-6-4-5-13(15(14)21)20(22,23)24/h4-6,11H,1,7-10H2,2-3H3,(H,26,27). The summed E-state index contributed by atoms with van der Waals surface area (Å²) < 4.78 is 58.8. The highest BCUT2D eigenvalue weighted by molar-refractivity contribution is 6.04.